The van der Waals surface area contributed by atoms with E-state index in [1.165, 1.54) is 12.8 Å². The fourth-order valence-electron chi connectivity index (χ4n) is 2.86. The highest BCUT2D eigenvalue weighted by Crippen LogP contribution is 2.34. The number of rotatable bonds is 1. The van der Waals surface area contributed by atoms with Gasteiger partial charge in [0.2, 0.25) is 6.10 Å². The monoisotopic (exact) mass is 275 g/mol. The maximum Gasteiger partial charge on any atom is 0.267 e. The third kappa shape index (κ3) is 2.60. The molecule has 0 radical (unpaired) electrons. The number of fused-ring (bicyclic) bond motifs is 1. The maximum atomic E-state index is 12.6. The number of nitrogens with zero attached hydrogens (tertiary/aromatic N) is 1. The molecule has 2 heterocycles. The van der Waals surface area contributed by atoms with Gasteiger partial charge in [-0.2, -0.15) is 0 Å². The summed E-state index contributed by atoms with van der Waals surface area (Å²) in [7, 11) is 0. The first-order valence-electron chi connectivity index (χ1n) is 7.47. The predicted molar refractivity (Wildman–Crippen MR) is 76.0 cm³/mol. The minimum absolute atomic E-state index is 0.0638. The van der Waals surface area contributed by atoms with Crippen molar-refractivity contribution in [2.45, 2.75) is 44.8 Å². The quantitative estimate of drug-likeness (QED) is 0.791. The molecule has 0 aromatic heterocycles. The third-order valence-corrected chi connectivity index (χ3v) is 4.00. The first-order valence-corrected chi connectivity index (χ1v) is 7.47. The van der Waals surface area contributed by atoms with Crippen LogP contribution in [-0.4, -0.2) is 36.1 Å². The molecule has 0 N–H and O–H groups in total. The Morgan fingerprint density at radius 2 is 1.65 bits per heavy atom. The van der Waals surface area contributed by atoms with Gasteiger partial charge in [-0.25, -0.2) is 0 Å². The van der Waals surface area contributed by atoms with Crippen LogP contribution in [0.25, 0.3) is 0 Å². The Hall–Kier alpha value is -1.71. The molecule has 20 heavy (non-hydrogen) atoms. The van der Waals surface area contributed by atoms with Gasteiger partial charge in [-0.1, -0.05) is 25.0 Å². The maximum absolute atomic E-state index is 12.6. The zero-order valence-electron chi connectivity index (χ0n) is 11.9. The molecular formula is C16H21NO3. The molecule has 0 aliphatic carbocycles. The van der Waals surface area contributed by atoms with Crippen LogP contribution in [0.4, 0.5) is 0 Å². The van der Waals surface area contributed by atoms with Crippen LogP contribution < -0.4 is 9.47 Å². The van der Waals surface area contributed by atoms with Gasteiger partial charge in [-0.05, 0) is 31.9 Å². The van der Waals surface area contributed by atoms with Gasteiger partial charge < -0.3 is 14.4 Å². The SMILES string of the molecule is CC1Oc2ccccc2OC1C(=O)N1CCCCCC1. The second kappa shape index (κ2) is 5.73. The highest BCUT2D eigenvalue weighted by molar-refractivity contribution is 5.82. The highest BCUT2D eigenvalue weighted by Gasteiger charge is 2.36. The first kappa shape index (κ1) is 13.3. The average Bonchev–Trinajstić information content (AvgIpc) is 2.75. The van der Waals surface area contributed by atoms with Crippen LogP contribution >= 0.6 is 0 Å². The smallest absolute Gasteiger partial charge is 0.267 e. The summed E-state index contributed by atoms with van der Waals surface area (Å²) < 4.78 is 11.7. The molecular weight excluding hydrogens is 254 g/mol. The van der Waals surface area contributed by atoms with Crippen LogP contribution in [-0.2, 0) is 4.79 Å². The van der Waals surface area contributed by atoms with E-state index < -0.39 is 6.10 Å². The molecule has 1 aromatic carbocycles. The van der Waals surface area contributed by atoms with Gasteiger partial charge in [0.1, 0.15) is 6.10 Å². The van der Waals surface area contributed by atoms with Crippen LogP contribution in [0.2, 0.25) is 0 Å². The lowest BCUT2D eigenvalue weighted by molar-refractivity contribution is -0.144. The zero-order valence-corrected chi connectivity index (χ0v) is 11.9. The molecule has 1 saturated heterocycles. The van der Waals surface area contributed by atoms with Gasteiger partial charge in [0.15, 0.2) is 11.5 Å². The van der Waals surface area contributed by atoms with Crippen molar-refractivity contribution >= 4 is 5.91 Å². The minimum atomic E-state index is -0.525. The number of carbonyl (C=O) groups is 1. The Labute approximate surface area is 119 Å². The van der Waals surface area contributed by atoms with Crippen molar-refractivity contribution in [3.63, 3.8) is 0 Å². The van der Waals surface area contributed by atoms with Crippen molar-refractivity contribution in [1.29, 1.82) is 0 Å². The number of hydrogen-bond donors (Lipinski definition) is 0. The van der Waals surface area contributed by atoms with E-state index in [-0.39, 0.29) is 12.0 Å². The molecule has 1 amide bonds. The van der Waals surface area contributed by atoms with Crippen molar-refractivity contribution in [2.75, 3.05) is 13.1 Å². The fraction of sp³-hybridized carbons (Fsp3) is 0.562. The molecule has 0 bridgehead atoms. The van der Waals surface area contributed by atoms with Gasteiger partial charge in [0.05, 0.1) is 0 Å². The Morgan fingerprint density at radius 1 is 1.05 bits per heavy atom. The van der Waals surface area contributed by atoms with Gasteiger partial charge >= 0.3 is 0 Å². The Morgan fingerprint density at radius 3 is 2.30 bits per heavy atom. The third-order valence-electron chi connectivity index (χ3n) is 4.00. The summed E-state index contributed by atoms with van der Waals surface area (Å²) in [5.41, 5.74) is 0. The molecule has 1 fully saturated rings. The molecule has 2 aliphatic rings. The van der Waals surface area contributed by atoms with E-state index in [1.807, 2.05) is 36.1 Å². The Balaban J connectivity index is 1.75. The van der Waals surface area contributed by atoms with Crippen molar-refractivity contribution in [2.24, 2.45) is 0 Å². The van der Waals surface area contributed by atoms with E-state index in [0.717, 1.165) is 31.7 Å². The van der Waals surface area contributed by atoms with Crippen molar-refractivity contribution in [1.82, 2.24) is 4.90 Å². The summed E-state index contributed by atoms with van der Waals surface area (Å²) in [6.07, 6.45) is 3.83. The lowest BCUT2D eigenvalue weighted by Crippen LogP contribution is -2.50. The Kier molecular flexibility index (Phi) is 3.81. The number of hydrogen-bond acceptors (Lipinski definition) is 3. The number of ether oxygens (including phenoxy) is 2. The predicted octanol–water partition coefficient (Wildman–Crippen LogP) is 2.62. The molecule has 2 unspecified atom stereocenters. The molecule has 2 aliphatic heterocycles. The fourth-order valence-corrected chi connectivity index (χ4v) is 2.86. The van der Waals surface area contributed by atoms with Gasteiger partial charge in [0, 0.05) is 13.1 Å². The summed E-state index contributed by atoms with van der Waals surface area (Å²) in [6, 6.07) is 7.53. The largest absolute Gasteiger partial charge is 0.482 e. The number of carbonyl (C=O) groups excluding carboxylic acids is 1. The van der Waals surface area contributed by atoms with Crippen LogP contribution in [0.15, 0.2) is 24.3 Å². The lowest BCUT2D eigenvalue weighted by Gasteiger charge is -2.34. The van der Waals surface area contributed by atoms with Gasteiger partial charge in [-0.15, -0.1) is 0 Å². The summed E-state index contributed by atoms with van der Waals surface area (Å²) in [5, 5.41) is 0. The molecule has 4 heteroatoms. The standard InChI is InChI=1S/C16H21NO3/c1-12-15(16(18)17-10-6-2-3-7-11-17)20-14-9-5-4-8-13(14)19-12/h4-5,8-9,12,15H,2-3,6-7,10-11H2,1H3. The molecule has 1 aromatic rings. The van der Waals surface area contributed by atoms with E-state index in [2.05, 4.69) is 0 Å². The second-order valence-corrected chi connectivity index (χ2v) is 5.55. The number of amides is 1. The van der Waals surface area contributed by atoms with Crippen LogP contribution in [0, 0.1) is 0 Å². The van der Waals surface area contributed by atoms with E-state index >= 15 is 0 Å². The highest BCUT2D eigenvalue weighted by atomic mass is 16.6. The summed E-state index contributed by atoms with van der Waals surface area (Å²) in [6.45, 7) is 3.58. The summed E-state index contributed by atoms with van der Waals surface area (Å²) in [5.74, 6) is 1.45. The van der Waals surface area contributed by atoms with Crippen LogP contribution in [0.1, 0.15) is 32.6 Å². The molecule has 2 atom stereocenters. The summed E-state index contributed by atoms with van der Waals surface area (Å²) >= 11 is 0. The molecule has 4 nitrogen and oxygen atoms in total. The van der Waals surface area contributed by atoms with Crippen LogP contribution in [0.5, 0.6) is 11.5 Å². The molecule has 108 valence electrons. The number of likely N-dealkylation sites (tertiary alicyclic amines) is 1. The molecule has 0 saturated carbocycles. The number of benzene rings is 1. The van der Waals surface area contributed by atoms with E-state index in [1.54, 1.807) is 0 Å². The van der Waals surface area contributed by atoms with E-state index in [9.17, 15) is 4.79 Å². The minimum Gasteiger partial charge on any atom is -0.482 e. The average molecular weight is 275 g/mol. The Bertz CT molecular complexity index is 480. The van der Waals surface area contributed by atoms with Gasteiger partial charge in [-0.3, -0.25) is 4.79 Å². The summed E-state index contributed by atoms with van der Waals surface area (Å²) in [4.78, 5) is 14.6. The first-order chi connectivity index (χ1) is 9.75. The zero-order chi connectivity index (χ0) is 13.9. The van der Waals surface area contributed by atoms with E-state index in [4.69, 9.17) is 9.47 Å². The molecule has 0 spiro atoms. The second-order valence-electron chi connectivity index (χ2n) is 5.55. The lowest BCUT2D eigenvalue weighted by atomic mass is 10.1. The van der Waals surface area contributed by atoms with Crippen LogP contribution in [0.3, 0.4) is 0 Å². The number of para-hydroxylation sites is 2. The molecule has 3 rings (SSSR count). The normalized spacial score (nSPS) is 25.9. The van der Waals surface area contributed by atoms with Gasteiger partial charge in [0.25, 0.3) is 5.91 Å². The topological polar surface area (TPSA) is 38.8 Å². The van der Waals surface area contributed by atoms with Crippen molar-refractivity contribution in [3.05, 3.63) is 24.3 Å². The van der Waals surface area contributed by atoms with E-state index in [0.29, 0.717) is 5.75 Å². The van der Waals surface area contributed by atoms with Crippen molar-refractivity contribution in [3.8, 4) is 11.5 Å². The van der Waals surface area contributed by atoms with Crippen molar-refractivity contribution < 1.29 is 14.3 Å².